The molecule has 0 bridgehead atoms. The molecule has 1 N–H and O–H groups in total. The van der Waals surface area contributed by atoms with Gasteiger partial charge in [0.25, 0.3) is 5.91 Å². The molecule has 1 amide bonds. The summed E-state index contributed by atoms with van der Waals surface area (Å²) >= 11 is 0. The molecule has 0 aliphatic carbocycles. The first-order valence-electron chi connectivity index (χ1n) is 6.64. The molecule has 0 aliphatic heterocycles. The monoisotopic (exact) mass is 317 g/mol. The first-order chi connectivity index (χ1) is 11.0. The predicted octanol–water partition coefficient (Wildman–Crippen LogP) is 3.90. The average molecular weight is 317 g/mol. The minimum Gasteiger partial charge on any atom is -0.305 e. The van der Waals surface area contributed by atoms with Gasteiger partial charge in [0, 0.05) is 17.8 Å². The number of alkyl halides is 3. The first kappa shape index (κ1) is 15.0. The number of hydrogen-bond donors (Lipinski definition) is 1. The molecule has 116 valence electrons. The molecule has 2 aromatic heterocycles. The summed E-state index contributed by atoms with van der Waals surface area (Å²) < 4.78 is 39.2. The van der Waals surface area contributed by atoms with E-state index in [9.17, 15) is 18.0 Å². The summed E-state index contributed by atoms with van der Waals surface area (Å²) in [6, 6.07) is 9.85. The van der Waals surface area contributed by atoms with Gasteiger partial charge >= 0.3 is 6.18 Å². The topological polar surface area (TPSA) is 54.9 Å². The fraction of sp³-hybridized carbons (Fsp3) is 0.0625. The highest BCUT2D eigenvalue weighted by Gasteiger charge is 2.32. The smallest absolute Gasteiger partial charge is 0.305 e. The molecule has 23 heavy (non-hydrogen) atoms. The molecule has 1 aromatic carbocycles. The Bertz CT molecular complexity index is 863. The van der Waals surface area contributed by atoms with Crippen LogP contribution in [-0.2, 0) is 6.18 Å². The van der Waals surface area contributed by atoms with Gasteiger partial charge in [-0.25, -0.2) is 4.98 Å². The van der Waals surface area contributed by atoms with Crippen molar-refractivity contribution in [1.29, 1.82) is 0 Å². The number of aromatic nitrogens is 2. The van der Waals surface area contributed by atoms with Crippen LogP contribution in [-0.4, -0.2) is 15.9 Å². The maximum absolute atomic E-state index is 13.1. The summed E-state index contributed by atoms with van der Waals surface area (Å²) in [6.07, 6.45) is -1.82. The van der Waals surface area contributed by atoms with E-state index in [1.807, 2.05) is 0 Å². The van der Waals surface area contributed by atoms with Gasteiger partial charge in [0.05, 0.1) is 5.56 Å². The number of amides is 1. The second kappa shape index (κ2) is 5.68. The van der Waals surface area contributed by atoms with Crippen molar-refractivity contribution in [2.75, 3.05) is 5.32 Å². The lowest BCUT2D eigenvalue weighted by Gasteiger charge is -2.12. The van der Waals surface area contributed by atoms with E-state index >= 15 is 0 Å². The van der Waals surface area contributed by atoms with E-state index in [-0.39, 0.29) is 16.5 Å². The first-order valence-corrected chi connectivity index (χ1v) is 6.64. The summed E-state index contributed by atoms with van der Waals surface area (Å²) in [5, 5.41) is 2.58. The maximum atomic E-state index is 13.1. The lowest BCUT2D eigenvalue weighted by atomic mass is 10.0. The number of hydrogen-bond acceptors (Lipinski definition) is 3. The number of nitrogens with one attached hydrogen (secondary N) is 1. The quantitative estimate of drug-likeness (QED) is 0.780. The van der Waals surface area contributed by atoms with E-state index < -0.39 is 17.6 Å². The van der Waals surface area contributed by atoms with Crippen LogP contribution in [0.25, 0.3) is 10.8 Å². The molecular weight excluding hydrogens is 307 g/mol. The van der Waals surface area contributed by atoms with Crippen LogP contribution < -0.4 is 5.32 Å². The molecule has 0 saturated carbocycles. The number of pyridine rings is 2. The van der Waals surface area contributed by atoms with Crippen LogP contribution in [0.4, 0.5) is 19.0 Å². The van der Waals surface area contributed by atoms with Crippen LogP contribution in [0.2, 0.25) is 0 Å². The van der Waals surface area contributed by atoms with Crippen molar-refractivity contribution in [3.05, 3.63) is 66.1 Å². The molecule has 0 spiro atoms. The largest absolute Gasteiger partial charge is 0.417 e. The molecular formula is C16H10F3N3O. The van der Waals surface area contributed by atoms with Crippen LogP contribution in [0.3, 0.4) is 0 Å². The summed E-state index contributed by atoms with van der Waals surface area (Å²) in [6.45, 7) is 0. The zero-order valence-corrected chi connectivity index (χ0v) is 11.6. The van der Waals surface area contributed by atoms with Gasteiger partial charge in [-0.15, -0.1) is 0 Å². The Morgan fingerprint density at radius 2 is 1.74 bits per heavy atom. The highest BCUT2D eigenvalue weighted by molar-refractivity contribution is 6.11. The summed E-state index contributed by atoms with van der Waals surface area (Å²) in [5.41, 5.74) is -0.886. The van der Waals surface area contributed by atoms with Crippen LogP contribution in [0.5, 0.6) is 0 Å². The fourth-order valence-corrected chi connectivity index (χ4v) is 2.25. The van der Waals surface area contributed by atoms with Gasteiger partial charge in [-0.3, -0.25) is 9.78 Å². The average Bonchev–Trinajstić information content (AvgIpc) is 2.53. The number of carbonyl (C=O) groups excluding carboxylic acids is 1. The lowest BCUT2D eigenvalue weighted by molar-refractivity contribution is -0.136. The Morgan fingerprint density at radius 1 is 0.913 bits per heavy atom. The number of fused-ring (bicyclic) bond motifs is 1. The molecule has 0 aliphatic rings. The van der Waals surface area contributed by atoms with Crippen molar-refractivity contribution < 1.29 is 18.0 Å². The third-order valence-electron chi connectivity index (χ3n) is 3.23. The molecule has 4 nitrogen and oxygen atoms in total. The van der Waals surface area contributed by atoms with E-state index in [0.29, 0.717) is 5.82 Å². The molecule has 3 aromatic rings. The highest BCUT2D eigenvalue weighted by Crippen LogP contribution is 2.35. The molecule has 7 heteroatoms. The van der Waals surface area contributed by atoms with Crippen molar-refractivity contribution >= 4 is 22.5 Å². The molecule has 3 rings (SSSR count). The van der Waals surface area contributed by atoms with Gasteiger partial charge in [-0.05, 0) is 29.7 Å². The minimum atomic E-state index is -4.50. The van der Waals surface area contributed by atoms with Gasteiger partial charge in [-0.1, -0.05) is 18.2 Å². The van der Waals surface area contributed by atoms with E-state index in [1.165, 1.54) is 30.6 Å². The Labute approximate surface area is 129 Å². The minimum absolute atomic E-state index is 0.0684. The number of anilines is 1. The second-order valence-electron chi connectivity index (χ2n) is 4.73. The normalized spacial score (nSPS) is 11.4. The van der Waals surface area contributed by atoms with Crippen molar-refractivity contribution in [2.24, 2.45) is 0 Å². The fourth-order valence-electron chi connectivity index (χ4n) is 2.25. The summed E-state index contributed by atoms with van der Waals surface area (Å²) in [5.74, 6) is -0.322. The van der Waals surface area contributed by atoms with Crippen molar-refractivity contribution in [3.8, 4) is 0 Å². The van der Waals surface area contributed by atoms with Crippen molar-refractivity contribution in [2.45, 2.75) is 6.18 Å². The van der Waals surface area contributed by atoms with Gasteiger partial charge in [-0.2, -0.15) is 13.2 Å². The summed E-state index contributed by atoms with van der Waals surface area (Å²) in [7, 11) is 0. The van der Waals surface area contributed by atoms with Gasteiger partial charge in [0.1, 0.15) is 11.5 Å². The third-order valence-corrected chi connectivity index (χ3v) is 3.23. The Balaban J connectivity index is 2.07. The van der Waals surface area contributed by atoms with Crippen LogP contribution >= 0.6 is 0 Å². The highest BCUT2D eigenvalue weighted by atomic mass is 19.4. The number of nitrogens with zero attached hydrogens (tertiary/aromatic N) is 2. The maximum Gasteiger partial charge on any atom is 0.417 e. The standard InChI is InChI=1S/C16H10F3N3O/c17-16(18,19)12-5-3-4-11-10(12)7-9-21-14(11)15(23)22-13-6-1-2-8-20-13/h1-9H,(H,20,22,23). The molecule has 0 atom stereocenters. The van der Waals surface area contributed by atoms with Crippen LogP contribution in [0, 0.1) is 0 Å². The van der Waals surface area contributed by atoms with Gasteiger partial charge < -0.3 is 5.32 Å². The number of rotatable bonds is 2. The molecule has 2 heterocycles. The number of benzene rings is 1. The lowest BCUT2D eigenvalue weighted by Crippen LogP contribution is -2.15. The molecule has 0 radical (unpaired) electrons. The van der Waals surface area contributed by atoms with Crippen LogP contribution in [0.15, 0.2) is 54.9 Å². The van der Waals surface area contributed by atoms with E-state index in [2.05, 4.69) is 15.3 Å². The zero-order chi connectivity index (χ0) is 16.4. The molecule has 0 fully saturated rings. The van der Waals surface area contributed by atoms with E-state index in [4.69, 9.17) is 0 Å². The van der Waals surface area contributed by atoms with Gasteiger partial charge in [0.2, 0.25) is 0 Å². The number of halogens is 3. The Hall–Kier alpha value is -2.96. The van der Waals surface area contributed by atoms with Crippen molar-refractivity contribution in [1.82, 2.24) is 9.97 Å². The third kappa shape index (κ3) is 2.98. The predicted molar refractivity (Wildman–Crippen MR) is 78.9 cm³/mol. The summed E-state index contributed by atoms with van der Waals surface area (Å²) in [4.78, 5) is 20.2. The zero-order valence-electron chi connectivity index (χ0n) is 11.6. The van der Waals surface area contributed by atoms with Crippen LogP contribution in [0.1, 0.15) is 16.1 Å². The van der Waals surface area contributed by atoms with Gasteiger partial charge in [0.15, 0.2) is 0 Å². The van der Waals surface area contributed by atoms with Crippen molar-refractivity contribution in [3.63, 3.8) is 0 Å². The molecule has 0 saturated heterocycles. The second-order valence-corrected chi connectivity index (χ2v) is 4.73. The Kier molecular flexibility index (Phi) is 3.69. The molecule has 0 unspecified atom stereocenters. The van der Waals surface area contributed by atoms with E-state index in [0.717, 1.165) is 6.07 Å². The van der Waals surface area contributed by atoms with E-state index in [1.54, 1.807) is 18.2 Å². The Morgan fingerprint density at radius 3 is 2.43 bits per heavy atom. The number of carbonyl (C=O) groups is 1. The SMILES string of the molecule is O=C(Nc1ccccn1)c1nccc2c(C(F)(F)F)cccc12.